The molecular weight excluding hydrogens is 436 g/mol. The highest BCUT2D eigenvalue weighted by Gasteiger charge is 2.32. The quantitative estimate of drug-likeness (QED) is 0.437. The van der Waals surface area contributed by atoms with Crippen LogP contribution in [0.4, 0.5) is 14.6 Å². The van der Waals surface area contributed by atoms with Gasteiger partial charge in [-0.2, -0.15) is 0 Å². The lowest BCUT2D eigenvalue weighted by Crippen LogP contribution is -2.47. The van der Waals surface area contributed by atoms with Gasteiger partial charge in [0.1, 0.15) is 5.82 Å². The molecule has 1 aliphatic rings. The third-order valence-electron chi connectivity index (χ3n) is 5.46. The van der Waals surface area contributed by atoms with Crippen molar-refractivity contribution < 1.29 is 28.3 Å². The summed E-state index contributed by atoms with van der Waals surface area (Å²) in [4.78, 5) is 42.1. The van der Waals surface area contributed by atoms with E-state index < -0.39 is 41.4 Å². The number of nitrogens with one attached hydrogen (secondary N) is 2. The van der Waals surface area contributed by atoms with Crippen molar-refractivity contribution in [3.05, 3.63) is 59.3 Å². The summed E-state index contributed by atoms with van der Waals surface area (Å²) in [5, 5.41) is 14.4. The molecule has 0 radical (unpaired) electrons. The molecule has 176 valence electrons. The van der Waals surface area contributed by atoms with Crippen LogP contribution in [-0.4, -0.2) is 58.5 Å². The molecular formula is C22H25F2N5O4. The standard InChI is InChI=1S/C22H25F2N5O4/c23-16-5-4-14(8-17(16)24)15(21(32)27-10-13-3-6-19(25)26-9-13)11-28-22(33)18-2-1-7-29(18)12-20(30)31/h3-6,8-9,15,18H,1-2,7,10-12H2,(H2,25,26)(H,27,32)(H,28,33)(H,30,31)/t15-,18+/m0/s1. The summed E-state index contributed by atoms with van der Waals surface area (Å²) in [6, 6.07) is 5.76. The zero-order valence-corrected chi connectivity index (χ0v) is 17.8. The van der Waals surface area contributed by atoms with Crippen molar-refractivity contribution in [3.8, 4) is 0 Å². The summed E-state index contributed by atoms with van der Waals surface area (Å²) >= 11 is 0. The van der Waals surface area contributed by atoms with Gasteiger partial charge in [-0.05, 0) is 48.7 Å². The zero-order chi connectivity index (χ0) is 24.0. The monoisotopic (exact) mass is 461 g/mol. The minimum Gasteiger partial charge on any atom is -0.480 e. The molecule has 0 saturated carbocycles. The van der Waals surface area contributed by atoms with Gasteiger partial charge in [-0.3, -0.25) is 19.3 Å². The Morgan fingerprint density at radius 1 is 1.18 bits per heavy atom. The number of carboxylic acids is 1. The Balaban J connectivity index is 1.70. The van der Waals surface area contributed by atoms with Gasteiger partial charge >= 0.3 is 5.97 Å². The first-order valence-corrected chi connectivity index (χ1v) is 10.4. The lowest BCUT2D eigenvalue weighted by molar-refractivity contribution is -0.139. The number of nitrogen functional groups attached to an aromatic ring is 1. The maximum Gasteiger partial charge on any atom is 0.317 e. The van der Waals surface area contributed by atoms with Crippen LogP contribution >= 0.6 is 0 Å². The van der Waals surface area contributed by atoms with Gasteiger partial charge in [0, 0.05) is 19.3 Å². The zero-order valence-electron chi connectivity index (χ0n) is 17.8. The van der Waals surface area contributed by atoms with E-state index in [0.717, 1.165) is 12.1 Å². The maximum absolute atomic E-state index is 13.8. The first-order chi connectivity index (χ1) is 15.7. The van der Waals surface area contributed by atoms with Crippen LogP contribution in [0.1, 0.15) is 29.9 Å². The average Bonchev–Trinajstić information content (AvgIpc) is 3.23. The summed E-state index contributed by atoms with van der Waals surface area (Å²) < 4.78 is 27.2. The minimum atomic E-state index is -1.11. The number of nitrogens with zero attached hydrogens (tertiary/aromatic N) is 2. The molecule has 0 bridgehead atoms. The van der Waals surface area contributed by atoms with Crippen LogP contribution in [0.25, 0.3) is 0 Å². The second-order valence-electron chi connectivity index (χ2n) is 7.80. The number of aromatic nitrogens is 1. The Morgan fingerprint density at radius 2 is 1.97 bits per heavy atom. The summed E-state index contributed by atoms with van der Waals surface area (Å²) in [7, 11) is 0. The molecule has 1 aliphatic heterocycles. The number of amides is 2. The van der Waals surface area contributed by atoms with E-state index in [1.165, 1.54) is 12.3 Å². The fourth-order valence-electron chi connectivity index (χ4n) is 3.75. The molecule has 0 spiro atoms. The fraction of sp³-hybridized carbons (Fsp3) is 0.364. The Labute approximate surface area is 189 Å². The van der Waals surface area contributed by atoms with E-state index in [2.05, 4.69) is 15.6 Å². The molecule has 9 nitrogen and oxygen atoms in total. The molecule has 0 aliphatic carbocycles. The third kappa shape index (κ3) is 6.45. The summed E-state index contributed by atoms with van der Waals surface area (Å²) in [6.45, 7) is 0.163. The van der Waals surface area contributed by atoms with E-state index >= 15 is 0 Å². The number of rotatable bonds is 9. The number of pyridine rings is 1. The van der Waals surface area contributed by atoms with Crippen LogP contribution in [0, 0.1) is 11.6 Å². The minimum absolute atomic E-state index is 0.120. The summed E-state index contributed by atoms with van der Waals surface area (Å²) in [5.41, 5.74) is 6.42. The van der Waals surface area contributed by atoms with Crippen LogP contribution in [0.3, 0.4) is 0 Å². The van der Waals surface area contributed by atoms with Gasteiger partial charge in [0.2, 0.25) is 11.8 Å². The Kier molecular flexibility index (Phi) is 7.88. The molecule has 1 saturated heterocycles. The number of carbonyl (C=O) groups excluding carboxylic acids is 2. The Morgan fingerprint density at radius 3 is 2.64 bits per heavy atom. The van der Waals surface area contributed by atoms with Gasteiger partial charge in [-0.15, -0.1) is 0 Å². The van der Waals surface area contributed by atoms with Crippen molar-refractivity contribution in [2.24, 2.45) is 0 Å². The first kappa shape index (κ1) is 24.1. The van der Waals surface area contributed by atoms with Crippen LogP contribution in [-0.2, 0) is 20.9 Å². The maximum atomic E-state index is 13.8. The van der Waals surface area contributed by atoms with Crippen LogP contribution in [0.5, 0.6) is 0 Å². The normalized spacial score (nSPS) is 16.8. The largest absolute Gasteiger partial charge is 0.480 e. The lowest BCUT2D eigenvalue weighted by Gasteiger charge is -2.23. The molecule has 2 amide bonds. The van der Waals surface area contributed by atoms with Crippen LogP contribution < -0.4 is 16.4 Å². The van der Waals surface area contributed by atoms with Crippen molar-refractivity contribution in [2.75, 3.05) is 25.4 Å². The van der Waals surface area contributed by atoms with Crippen molar-refractivity contribution in [1.82, 2.24) is 20.5 Å². The Bertz CT molecular complexity index is 1020. The molecule has 3 rings (SSSR count). The van der Waals surface area contributed by atoms with Gasteiger partial charge in [0.05, 0.1) is 18.5 Å². The fourth-order valence-corrected chi connectivity index (χ4v) is 3.75. The highest BCUT2D eigenvalue weighted by atomic mass is 19.2. The number of halogens is 2. The number of hydrogen-bond donors (Lipinski definition) is 4. The lowest BCUT2D eigenvalue weighted by atomic mass is 9.97. The highest BCUT2D eigenvalue weighted by molar-refractivity contribution is 5.86. The molecule has 5 N–H and O–H groups in total. The summed E-state index contributed by atoms with van der Waals surface area (Å²) in [6.07, 6.45) is 2.67. The predicted octanol–water partition coefficient (Wildman–Crippen LogP) is 1.01. The average molecular weight is 461 g/mol. The van der Waals surface area contributed by atoms with E-state index in [1.807, 2.05) is 0 Å². The van der Waals surface area contributed by atoms with Crippen molar-refractivity contribution in [1.29, 1.82) is 0 Å². The number of nitrogens with two attached hydrogens (primary N) is 1. The van der Waals surface area contributed by atoms with Crippen molar-refractivity contribution >= 4 is 23.6 Å². The Hall–Kier alpha value is -3.60. The number of carboxylic acid groups (broad SMARTS) is 1. The van der Waals surface area contributed by atoms with E-state index in [1.54, 1.807) is 17.0 Å². The molecule has 0 unspecified atom stereocenters. The molecule has 2 heterocycles. The molecule has 2 aromatic rings. The van der Waals surface area contributed by atoms with E-state index in [-0.39, 0.29) is 25.2 Å². The number of aliphatic carboxylic acids is 1. The van der Waals surface area contributed by atoms with Crippen LogP contribution in [0.15, 0.2) is 36.5 Å². The number of carbonyl (C=O) groups is 3. The van der Waals surface area contributed by atoms with E-state index in [0.29, 0.717) is 30.8 Å². The van der Waals surface area contributed by atoms with E-state index in [9.17, 15) is 23.2 Å². The van der Waals surface area contributed by atoms with Gasteiger partial charge in [-0.25, -0.2) is 13.8 Å². The second-order valence-corrected chi connectivity index (χ2v) is 7.80. The van der Waals surface area contributed by atoms with Gasteiger partial charge in [0.25, 0.3) is 0 Å². The molecule has 2 atom stereocenters. The highest BCUT2D eigenvalue weighted by Crippen LogP contribution is 2.21. The van der Waals surface area contributed by atoms with Gasteiger partial charge in [0.15, 0.2) is 11.6 Å². The van der Waals surface area contributed by atoms with Crippen molar-refractivity contribution in [3.63, 3.8) is 0 Å². The summed E-state index contributed by atoms with van der Waals surface area (Å²) in [5.74, 6) is -4.79. The van der Waals surface area contributed by atoms with E-state index in [4.69, 9.17) is 10.8 Å². The molecule has 1 aromatic heterocycles. The van der Waals surface area contributed by atoms with Crippen molar-refractivity contribution in [2.45, 2.75) is 31.3 Å². The smallest absolute Gasteiger partial charge is 0.317 e. The number of hydrogen-bond acceptors (Lipinski definition) is 6. The third-order valence-corrected chi connectivity index (χ3v) is 5.46. The molecule has 1 aromatic carbocycles. The number of benzene rings is 1. The van der Waals surface area contributed by atoms with Gasteiger partial charge < -0.3 is 21.5 Å². The van der Waals surface area contributed by atoms with Gasteiger partial charge in [-0.1, -0.05) is 12.1 Å². The predicted molar refractivity (Wildman–Crippen MR) is 115 cm³/mol. The second kappa shape index (κ2) is 10.8. The number of anilines is 1. The SMILES string of the molecule is Nc1ccc(CNC(=O)[C@@H](CNC(=O)[C@H]2CCCN2CC(=O)O)c2ccc(F)c(F)c2)cn1. The topological polar surface area (TPSA) is 138 Å². The first-order valence-electron chi connectivity index (χ1n) is 10.4. The number of likely N-dealkylation sites (tertiary alicyclic amines) is 1. The molecule has 11 heteroatoms. The molecule has 33 heavy (non-hydrogen) atoms. The van der Waals surface area contributed by atoms with Crippen LogP contribution in [0.2, 0.25) is 0 Å². The molecule has 1 fully saturated rings.